The number of anilines is 1. The molecule has 1 aliphatic carbocycles. The molecule has 0 radical (unpaired) electrons. The number of hydrogen-bond donors (Lipinski definition) is 1. The van der Waals surface area contributed by atoms with Gasteiger partial charge in [0, 0.05) is 39.7 Å². The summed E-state index contributed by atoms with van der Waals surface area (Å²) in [6.07, 6.45) is 6.29. The highest BCUT2D eigenvalue weighted by Crippen LogP contribution is 2.42. The molecule has 0 spiro atoms. The number of rotatable bonds is 3. The third kappa shape index (κ3) is 2.52. The lowest BCUT2D eigenvalue weighted by atomic mass is 10.0. The van der Waals surface area contributed by atoms with Gasteiger partial charge in [0.25, 0.3) is 0 Å². The van der Waals surface area contributed by atoms with E-state index in [9.17, 15) is 0 Å². The maximum absolute atomic E-state index is 6.47. The molecule has 1 saturated carbocycles. The lowest BCUT2D eigenvalue weighted by molar-refractivity contribution is 0.664. The fourth-order valence-electron chi connectivity index (χ4n) is 3.65. The molecule has 2 N–H and O–H groups in total. The van der Waals surface area contributed by atoms with E-state index in [-0.39, 0.29) is 0 Å². The second kappa shape index (κ2) is 5.86. The summed E-state index contributed by atoms with van der Waals surface area (Å²) < 4.78 is 2.35. The highest BCUT2D eigenvalue weighted by molar-refractivity contribution is 6.34. The summed E-state index contributed by atoms with van der Waals surface area (Å²) in [7, 11) is 0. The Kier molecular flexibility index (Phi) is 3.59. The van der Waals surface area contributed by atoms with Crippen molar-refractivity contribution in [3.05, 3.63) is 52.9 Å². The number of benzene rings is 1. The van der Waals surface area contributed by atoms with Gasteiger partial charge in [-0.3, -0.25) is 4.98 Å². The summed E-state index contributed by atoms with van der Waals surface area (Å²) in [5.74, 6) is 1.12. The predicted octanol–water partition coefficient (Wildman–Crippen LogP) is 5.55. The third-order valence-electron chi connectivity index (χ3n) is 5.02. The lowest BCUT2D eigenvalue weighted by Gasteiger charge is -2.12. The minimum Gasteiger partial charge on any atom is -0.384 e. The zero-order valence-corrected chi connectivity index (χ0v) is 15.4. The summed E-state index contributed by atoms with van der Waals surface area (Å²) >= 11 is 12.9. The molecule has 3 aromatic heterocycles. The van der Waals surface area contributed by atoms with Crippen LogP contribution in [0, 0.1) is 5.92 Å². The van der Waals surface area contributed by atoms with E-state index >= 15 is 0 Å². The van der Waals surface area contributed by atoms with Gasteiger partial charge in [0.1, 0.15) is 11.0 Å². The van der Waals surface area contributed by atoms with Gasteiger partial charge in [-0.1, -0.05) is 23.2 Å². The van der Waals surface area contributed by atoms with Crippen LogP contribution in [0.15, 0.2) is 42.7 Å². The van der Waals surface area contributed by atoms with E-state index in [1.165, 1.54) is 12.8 Å². The van der Waals surface area contributed by atoms with E-state index in [1.807, 2.05) is 36.7 Å². The summed E-state index contributed by atoms with van der Waals surface area (Å²) in [4.78, 5) is 8.56. The summed E-state index contributed by atoms with van der Waals surface area (Å²) in [6.45, 7) is 0.973. The van der Waals surface area contributed by atoms with Crippen molar-refractivity contribution in [3.63, 3.8) is 0 Å². The van der Waals surface area contributed by atoms with Crippen molar-refractivity contribution >= 4 is 50.8 Å². The zero-order valence-electron chi connectivity index (χ0n) is 13.9. The van der Waals surface area contributed by atoms with E-state index in [1.54, 1.807) is 6.07 Å². The predicted molar refractivity (Wildman–Crippen MR) is 108 cm³/mol. The Morgan fingerprint density at radius 1 is 1.08 bits per heavy atom. The average molecular weight is 383 g/mol. The van der Waals surface area contributed by atoms with Crippen LogP contribution in [0.3, 0.4) is 0 Å². The molecule has 1 fully saturated rings. The van der Waals surface area contributed by atoms with Crippen molar-refractivity contribution in [3.8, 4) is 11.1 Å². The van der Waals surface area contributed by atoms with Crippen LogP contribution in [0.4, 0.5) is 5.82 Å². The number of fused-ring (bicyclic) bond motifs is 3. The van der Waals surface area contributed by atoms with Gasteiger partial charge in [-0.25, -0.2) is 4.98 Å². The summed E-state index contributed by atoms with van der Waals surface area (Å²) in [5, 5.41) is 3.31. The Hall–Kier alpha value is -2.30. The molecule has 0 saturated heterocycles. The van der Waals surface area contributed by atoms with Gasteiger partial charge < -0.3 is 10.3 Å². The smallest absolute Gasteiger partial charge is 0.139 e. The van der Waals surface area contributed by atoms with Gasteiger partial charge in [-0.05, 0) is 49.1 Å². The molecular formula is C20H16Cl2N4. The van der Waals surface area contributed by atoms with E-state index in [4.69, 9.17) is 28.9 Å². The average Bonchev–Trinajstić information content (AvgIpc) is 3.38. The van der Waals surface area contributed by atoms with E-state index in [0.29, 0.717) is 16.0 Å². The standard InChI is InChI=1S/C20H16Cl2N4/c21-12-7-15-13-5-6-24-9-17(13)26(10-11-1-2-11)19(15)16(8-12)14-3-4-18(23)25-20(14)22/h3-9,11H,1-2,10H2,(H2,23,25). The number of hydrogen-bond acceptors (Lipinski definition) is 3. The first-order chi connectivity index (χ1) is 12.6. The van der Waals surface area contributed by atoms with Crippen molar-refractivity contribution in [1.29, 1.82) is 0 Å². The molecule has 0 aliphatic heterocycles. The maximum Gasteiger partial charge on any atom is 0.139 e. The molecule has 5 rings (SSSR count). The topological polar surface area (TPSA) is 56.7 Å². The zero-order chi connectivity index (χ0) is 17.8. The molecule has 6 heteroatoms. The van der Waals surface area contributed by atoms with Gasteiger partial charge in [-0.2, -0.15) is 0 Å². The second-order valence-electron chi connectivity index (χ2n) is 6.87. The van der Waals surface area contributed by atoms with Crippen molar-refractivity contribution < 1.29 is 0 Å². The van der Waals surface area contributed by atoms with Crippen molar-refractivity contribution in [2.75, 3.05) is 5.73 Å². The highest BCUT2D eigenvalue weighted by Gasteiger charge is 2.25. The Morgan fingerprint density at radius 2 is 1.92 bits per heavy atom. The van der Waals surface area contributed by atoms with Gasteiger partial charge in [0.2, 0.25) is 0 Å². The molecular weight excluding hydrogens is 367 g/mol. The fraction of sp³-hybridized carbons (Fsp3) is 0.200. The maximum atomic E-state index is 6.47. The SMILES string of the molecule is Nc1ccc(-c2cc(Cl)cc3c4ccncc4n(CC4CC4)c23)c(Cl)n1. The van der Waals surface area contributed by atoms with Crippen LogP contribution in [-0.2, 0) is 6.54 Å². The lowest BCUT2D eigenvalue weighted by Crippen LogP contribution is -2.01. The second-order valence-corrected chi connectivity index (χ2v) is 7.67. The van der Waals surface area contributed by atoms with Crippen LogP contribution < -0.4 is 5.73 Å². The van der Waals surface area contributed by atoms with Crippen LogP contribution in [0.25, 0.3) is 32.9 Å². The van der Waals surface area contributed by atoms with Crippen molar-refractivity contribution in [2.24, 2.45) is 5.92 Å². The van der Waals surface area contributed by atoms with Gasteiger partial charge in [0.05, 0.1) is 17.2 Å². The molecule has 0 bridgehead atoms. The molecule has 130 valence electrons. The Balaban J connectivity index is 1.91. The van der Waals surface area contributed by atoms with Crippen LogP contribution in [0.5, 0.6) is 0 Å². The third-order valence-corrected chi connectivity index (χ3v) is 5.53. The number of halogens is 2. The number of aromatic nitrogens is 3. The highest BCUT2D eigenvalue weighted by atomic mass is 35.5. The number of nitrogens with zero attached hydrogens (tertiary/aromatic N) is 3. The van der Waals surface area contributed by atoms with Crippen LogP contribution in [0.2, 0.25) is 10.2 Å². The molecule has 0 unspecified atom stereocenters. The summed E-state index contributed by atoms with van der Waals surface area (Å²) in [6, 6.07) is 9.70. The largest absolute Gasteiger partial charge is 0.384 e. The van der Waals surface area contributed by atoms with Gasteiger partial charge in [-0.15, -0.1) is 0 Å². The molecule has 26 heavy (non-hydrogen) atoms. The first-order valence-electron chi connectivity index (χ1n) is 8.59. The van der Waals surface area contributed by atoms with Crippen LogP contribution in [-0.4, -0.2) is 14.5 Å². The monoisotopic (exact) mass is 382 g/mol. The summed E-state index contributed by atoms with van der Waals surface area (Å²) in [5.41, 5.74) is 9.83. The van der Waals surface area contributed by atoms with Gasteiger partial charge >= 0.3 is 0 Å². The number of pyridine rings is 2. The van der Waals surface area contributed by atoms with Crippen molar-refractivity contribution in [2.45, 2.75) is 19.4 Å². The molecule has 4 nitrogen and oxygen atoms in total. The minimum atomic E-state index is 0.384. The molecule has 4 aromatic rings. The molecule has 1 aliphatic rings. The normalized spacial score (nSPS) is 14.4. The van der Waals surface area contributed by atoms with Crippen molar-refractivity contribution in [1.82, 2.24) is 14.5 Å². The van der Waals surface area contributed by atoms with E-state index in [2.05, 4.69) is 14.5 Å². The van der Waals surface area contributed by atoms with E-state index < -0.39 is 0 Å². The van der Waals surface area contributed by atoms with Crippen LogP contribution in [0.1, 0.15) is 12.8 Å². The Morgan fingerprint density at radius 3 is 2.69 bits per heavy atom. The van der Waals surface area contributed by atoms with Crippen LogP contribution >= 0.6 is 23.2 Å². The Bertz CT molecular complexity index is 1160. The van der Waals surface area contributed by atoms with E-state index in [0.717, 1.165) is 45.4 Å². The molecule has 3 heterocycles. The number of nitrogen functional groups attached to an aromatic ring is 1. The fourth-order valence-corrected chi connectivity index (χ4v) is 4.13. The number of nitrogens with two attached hydrogens (primary N) is 1. The first kappa shape index (κ1) is 15.9. The molecule has 1 aromatic carbocycles. The quantitative estimate of drug-likeness (QED) is 0.472. The molecule has 0 atom stereocenters. The van der Waals surface area contributed by atoms with Gasteiger partial charge in [0.15, 0.2) is 0 Å². The molecule has 0 amide bonds. The minimum absolute atomic E-state index is 0.384. The Labute approximate surface area is 160 Å². The first-order valence-corrected chi connectivity index (χ1v) is 9.35.